The van der Waals surface area contributed by atoms with Crippen LogP contribution in [0.15, 0.2) is 18.2 Å². The Bertz CT molecular complexity index is 1460. The van der Waals surface area contributed by atoms with Gasteiger partial charge in [-0.05, 0) is 73.8 Å². The van der Waals surface area contributed by atoms with E-state index in [0.717, 1.165) is 43.3 Å². The second-order valence-corrected chi connectivity index (χ2v) is 14.4. The first-order valence-corrected chi connectivity index (χ1v) is 16.5. The van der Waals surface area contributed by atoms with Gasteiger partial charge < -0.3 is 29.5 Å². The number of aliphatic carboxylic acids is 1. The zero-order valence-electron chi connectivity index (χ0n) is 27.0. The zero-order valence-corrected chi connectivity index (χ0v) is 27.0. The highest BCUT2D eigenvalue weighted by molar-refractivity contribution is 5.90. The van der Waals surface area contributed by atoms with Crippen LogP contribution < -0.4 is 14.8 Å². The van der Waals surface area contributed by atoms with Crippen molar-refractivity contribution in [2.75, 3.05) is 13.7 Å². The molecule has 2 aromatic rings. The molecule has 2 aliphatic carbocycles. The predicted octanol–water partition coefficient (Wildman–Crippen LogP) is 4.99. The minimum Gasteiger partial charge on any atom is -0.497 e. The highest BCUT2D eigenvalue weighted by atomic mass is 16.6. The Morgan fingerprint density at radius 2 is 1.87 bits per heavy atom. The van der Waals surface area contributed by atoms with Crippen LogP contribution >= 0.6 is 0 Å². The van der Waals surface area contributed by atoms with Crippen molar-refractivity contribution in [2.24, 2.45) is 29.1 Å². The Hall–Kier alpha value is -3.63. The maximum absolute atomic E-state index is 14.2. The minimum atomic E-state index is -1.12. The number of alkyl carbamates (subject to hydrolysis) is 1. The number of ether oxygens (including phenoxy) is 3. The number of carbonyl (C=O) groups is 3. The van der Waals surface area contributed by atoms with Crippen molar-refractivity contribution in [1.29, 1.82) is 0 Å². The van der Waals surface area contributed by atoms with Crippen LogP contribution in [-0.2, 0) is 20.7 Å². The first kappa shape index (κ1) is 31.4. The summed E-state index contributed by atoms with van der Waals surface area (Å²) in [6.07, 6.45) is 5.65. The van der Waals surface area contributed by atoms with Crippen molar-refractivity contribution in [2.45, 2.75) is 103 Å². The van der Waals surface area contributed by atoms with Crippen molar-refractivity contribution >= 4 is 29.0 Å². The molecule has 2 aliphatic heterocycles. The highest BCUT2D eigenvalue weighted by Gasteiger charge is 2.55. The largest absolute Gasteiger partial charge is 0.497 e. The molecule has 2 N–H and O–H groups in total. The number of aromatic nitrogens is 2. The number of methoxy groups -OCH3 is 1. The predicted molar refractivity (Wildman–Crippen MR) is 166 cm³/mol. The van der Waals surface area contributed by atoms with Gasteiger partial charge in [-0.3, -0.25) is 4.79 Å². The molecule has 45 heavy (non-hydrogen) atoms. The average molecular weight is 623 g/mol. The molecule has 2 bridgehead atoms. The van der Waals surface area contributed by atoms with Crippen LogP contribution in [-0.4, -0.2) is 75.9 Å². The van der Waals surface area contributed by atoms with E-state index < -0.39 is 47.5 Å². The van der Waals surface area contributed by atoms with Gasteiger partial charge in [0.05, 0.1) is 24.7 Å². The fraction of sp³-hybridized carbons (Fsp3) is 0.676. The van der Waals surface area contributed by atoms with Crippen LogP contribution in [0.1, 0.15) is 78.3 Å². The van der Waals surface area contributed by atoms with E-state index >= 15 is 0 Å². The minimum absolute atomic E-state index is 0.0446. The quantitative estimate of drug-likeness (QED) is 0.485. The fourth-order valence-electron chi connectivity index (χ4n) is 7.92. The molecule has 1 aromatic carbocycles. The summed E-state index contributed by atoms with van der Waals surface area (Å²) in [7, 11) is 1.60. The summed E-state index contributed by atoms with van der Waals surface area (Å²) in [5.41, 5.74) is 1.37. The van der Waals surface area contributed by atoms with E-state index in [9.17, 15) is 19.5 Å². The average Bonchev–Trinajstić information content (AvgIpc) is 3.52. The van der Waals surface area contributed by atoms with Crippen LogP contribution in [0.3, 0.4) is 0 Å². The van der Waals surface area contributed by atoms with Crippen LogP contribution in [0.25, 0.3) is 11.0 Å². The monoisotopic (exact) mass is 622 g/mol. The van der Waals surface area contributed by atoms with Crippen molar-refractivity contribution in [3.8, 4) is 11.6 Å². The highest BCUT2D eigenvalue weighted by Crippen LogP contribution is 2.57. The summed E-state index contributed by atoms with van der Waals surface area (Å²) in [5, 5.41) is 13.3. The number of benzene rings is 1. The summed E-state index contributed by atoms with van der Waals surface area (Å²) in [6.45, 7) is 7.52. The smallest absolute Gasteiger partial charge is 0.408 e. The summed E-state index contributed by atoms with van der Waals surface area (Å²) in [6, 6.07) is 3.43. The van der Waals surface area contributed by atoms with Crippen molar-refractivity contribution in [3.05, 3.63) is 23.9 Å². The summed E-state index contributed by atoms with van der Waals surface area (Å²) in [4.78, 5) is 51.5. The second kappa shape index (κ2) is 12.3. The van der Waals surface area contributed by atoms with Crippen molar-refractivity contribution in [3.63, 3.8) is 0 Å². The lowest BCUT2D eigenvalue weighted by molar-refractivity contribution is -0.151. The lowest BCUT2D eigenvalue weighted by Gasteiger charge is -2.35. The Morgan fingerprint density at radius 3 is 2.58 bits per heavy atom. The summed E-state index contributed by atoms with van der Waals surface area (Å²) >= 11 is 0. The normalized spacial score (nSPS) is 32.2. The number of hydrogen-bond acceptors (Lipinski definition) is 8. The zero-order chi connectivity index (χ0) is 32.0. The molecule has 0 spiro atoms. The number of carbonyl (C=O) groups excluding carboxylic acids is 2. The van der Waals surface area contributed by atoms with Gasteiger partial charge in [0.25, 0.3) is 0 Å². The lowest BCUT2D eigenvalue weighted by Crippen LogP contribution is -2.57. The van der Waals surface area contributed by atoms with E-state index in [1.165, 1.54) is 11.3 Å². The summed E-state index contributed by atoms with van der Waals surface area (Å²) < 4.78 is 18.0. The molecule has 2 saturated carbocycles. The maximum Gasteiger partial charge on any atom is 0.408 e. The molecular formula is C34H46N4O7. The molecule has 0 unspecified atom stereocenters. The molecule has 11 heteroatoms. The summed E-state index contributed by atoms with van der Waals surface area (Å²) in [5.74, 6) is 0.473. The number of nitrogens with one attached hydrogen (secondary N) is 1. The second-order valence-electron chi connectivity index (χ2n) is 14.4. The Labute approximate surface area is 264 Å². The third-order valence-corrected chi connectivity index (χ3v) is 10.4. The van der Waals surface area contributed by atoms with Crippen LogP contribution in [0.4, 0.5) is 4.79 Å². The molecule has 2 amide bonds. The topological polar surface area (TPSA) is 140 Å². The third kappa shape index (κ3) is 6.27. The molecule has 11 nitrogen and oxygen atoms in total. The van der Waals surface area contributed by atoms with Gasteiger partial charge in [0, 0.05) is 12.0 Å². The first-order valence-electron chi connectivity index (χ1n) is 16.5. The number of hydrogen-bond donors (Lipinski definition) is 2. The number of fused-ring (bicyclic) bond motifs is 7. The first-order chi connectivity index (χ1) is 21.5. The van der Waals surface area contributed by atoms with Crippen molar-refractivity contribution in [1.82, 2.24) is 20.2 Å². The van der Waals surface area contributed by atoms with Crippen LogP contribution in [0, 0.1) is 29.1 Å². The number of carboxylic acid groups (broad SMARTS) is 1. The fourth-order valence-corrected chi connectivity index (χ4v) is 7.92. The molecule has 3 heterocycles. The molecule has 3 fully saturated rings. The number of nitrogens with zero attached hydrogens (tertiary/aromatic N) is 3. The SMILES string of the molecule is CC[C@@H]1[C@@H]2CN(C(=O)[C@H](C(C)(C)C)NC(=O)O[C@@H]3C[C@@H]4C[C@@H]4[C@H]3CCCCCc3nc4ccc(OC)cc4nc3O2)[C@@H]1C(=O)O. The lowest BCUT2D eigenvalue weighted by atomic mass is 9.85. The number of carboxylic acids is 1. The van der Waals surface area contributed by atoms with Crippen LogP contribution in [0.2, 0.25) is 0 Å². The van der Waals surface area contributed by atoms with Gasteiger partial charge in [-0.25, -0.2) is 19.6 Å². The van der Waals surface area contributed by atoms with Gasteiger partial charge in [0.2, 0.25) is 11.8 Å². The molecule has 1 aromatic heterocycles. The van der Waals surface area contributed by atoms with Gasteiger partial charge in [0.1, 0.15) is 35.7 Å². The van der Waals surface area contributed by atoms with Crippen molar-refractivity contribution < 1.29 is 33.7 Å². The molecular weight excluding hydrogens is 576 g/mol. The number of aryl methyl sites for hydroxylation is 1. The standard InChI is InChI=1S/C34H46N4O7/c1-6-20-27-17-38(28(20)32(40)41)31(39)29(34(2,3)4)37-33(42)45-26-15-18-14-22(18)21(26)10-8-7-9-11-24-30(44-27)36-25-16-19(43-5)12-13-23(25)35-24/h12-13,16,18,20-22,26-29H,6-11,14-15,17H2,1-5H3,(H,37,42)(H,40,41)/t18-,20+,21+,22-,26+,27-,28-,29+/m0/s1. The van der Waals surface area contributed by atoms with E-state index in [1.54, 1.807) is 13.2 Å². The molecule has 244 valence electrons. The maximum atomic E-state index is 14.2. The molecule has 1 saturated heterocycles. The van der Waals surface area contributed by atoms with Crippen LogP contribution in [0.5, 0.6) is 11.6 Å². The molecule has 0 radical (unpaired) electrons. The molecule has 4 aliphatic rings. The number of amides is 2. The van der Waals surface area contributed by atoms with E-state index in [0.29, 0.717) is 47.7 Å². The van der Waals surface area contributed by atoms with Gasteiger partial charge >= 0.3 is 12.1 Å². The van der Waals surface area contributed by atoms with E-state index in [1.807, 2.05) is 39.8 Å². The Morgan fingerprint density at radius 1 is 1.07 bits per heavy atom. The molecule has 8 atom stereocenters. The van der Waals surface area contributed by atoms with Gasteiger partial charge in [-0.15, -0.1) is 0 Å². The van der Waals surface area contributed by atoms with E-state index in [-0.39, 0.29) is 12.6 Å². The van der Waals surface area contributed by atoms with Gasteiger partial charge in [0.15, 0.2) is 0 Å². The van der Waals surface area contributed by atoms with E-state index in [4.69, 9.17) is 24.2 Å². The van der Waals surface area contributed by atoms with Gasteiger partial charge in [-0.1, -0.05) is 40.5 Å². The Balaban J connectivity index is 1.38. The number of rotatable bonds is 3. The third-order valence-electron chi connectivity index (χ3n) is 10.4. The Kier molecular flexibility index (Phi) is 8.56. The van der Waals surface area contributed by atoms with Gasteiger partial charge in [-0.2, -0.15) is 0 Å². The van der Waals surface area contributed by atoms with E-state index in [2.05, 4.69) is 5.32 Å². The molecule has 6 rings (SSSR count).